The first kappa shape index (κ1) is 25.9. The number of thiophene rings is 1. The molecule has 198 valence electrons. The number of fused-ring (bicyclic) bond motifs is 1. The van der Waals surface area contributed by atoms with Gasteiger partial charge in [0.2, 0.25) is 0 Å². The molecule has 0 spiro atoms. The maximum Gasteiger partial charge on any atom is 0.410 e. The van der Waals surface area contributed by atoms with Crippen LogP contribution in [-0.4, -0.2) is 59.5 Å². The van der Waals surface area contributed by atoms with Gasteiger partial charge in [0.1, 0.15) is 5.60 Å². The van der Waals surface area contributed by atoms with Gasteiger partial charge in [0.25, 0.3) is 11.8 Å². The lowest BCUT2D eigenvalue weighted by atomic mass is 9.99. The van der Waals surface area contributed by atoms with Crippen LogP contribution in [0.3, 0.4) is 0 Å². The van der Waals surface area contributed by atoms with E-state index >= 15 is 0 Å². The van der Waals surface area contributed by atoms with Gasteiger partial charge < -0.3 is 20.3 Å². The highest BCUT2D eigenvalue weighted by Crippen LogP contribution is 2.37. The van der Waals surface area contributed by atoms with Crippen molar-refractivity contribution < 1.29 is 19.1 Å². The van der Waals surface area contributed by atoms with Gasteiger partial charge in [-0.1, -0.05) is 24.3 Å². The Morgan fingerprint density at radius 2 is 1.74 bits per heavy atom. The molecule has 0 unspecified atom stereocenters. The van der Waals surface area contributed by atoms with Crippen molar-refractivity contribution in [2.45, 2.75) is 39.5 Å². The quantitative estimate of drug-likeness (QED) is 0.485. The van der Waals surface area contributed by atoms with Gasteiger partial charge >= 0.3 is 6.09 Å². The minimum absolute atomic E-state index is 0.176. The zero-order valence-electron chi connectivity index (χ0n) is 21.9. The lowest BCUT2D eigenvalue weighted by Crippen LogP contribution is -2.49. The van der Waals surface area contributed by atoms with Crippen LogP contribution in [0.2, 0.25) is 0 Å². The van der Waals surface area contributed by atoms with Gasteiger partial charge in [-0.25, -0.2) is 4.79 Å². The Hall–Kier alpha value is -3.69. The summed E-state index contributed by atoms with van der Waals surface area (Å²) < 4.78 is 5.50. The highest BCUT2D eigenvalue weighted by molar-refractivity contribution is 7.15. The first-order valence-corrected chi connectivity index (χ1v) is 13.6. The molecule has 2 aliphatic rings. The molecule has 3 heterocycles. The fourth-order valence-electron chi connectivity index (χ4n) is 4.71. The molecule has 38 heavy (non-hydrogen) atoms. The highest BCUT2D eigenvalue weighted by atomic mass is 32.1. The zero-order chi connectivity index (χ0) is 26.9. The largest absolute Gasteiger partial charge is 0.444 e. The van der Waals surface area contributed by atoms with E-state index in [2.05, 4.69) is 27.7 Å². The molecule has 2 aromatic carbocycles. The number of amides is 3. The Morgan fingerprint density at radius 1 is 1.00 bits per heavy atom. The summed E-state index contributed by atoms with van der Waals surface area (Å²) in [4.78, 5) is 44.2. The van der Waals surface area contributed by atoms with Crippen LogP contribution in [0.25, 0.3) is 10.4 Å². The van der Waals surface area contributed by atoms with E-state index in [1.165, 1.54) is 4.88 Å². The molecule has 9 heteroatoms. The van der Waals surface area contributed by atoms with E-state index in [0.717, 1.165) is 35.6 Å². The van der Waals surface area contributed by atoms with E-state index in [0.29, 0.717) is 36.4 Å². The molecule has 3 amide bonds. The number of nitrogens with one attached hydrogen (secondary N) is 2. The van der Waals surface area contributed by atoms with Crippen LogP contribution in [0.5, 0.6) is 0 Å². The van der Waals surface area contributed by atoms with Gasteiger partial charge in [-0.05, 0) is 62.2 Å². The van der Waals surface area contributed by atoms with Crippen molar-refractivity contribution in [3.05, 3.63) is 76.2 Å². The molecule has 2 N–H and O–H groups in total. The molecular formula is C29H32N4O4S. The SMILES string of the molecule is CC(C)(C)OC(=O)N1CCN(Cc2ccc(-c3ccc(NC(=O)c4ccccc4)c4c3CNC4=O)s2)CC1. The van der Waals surface area contributed by atoms with Crippen molar-refractivity contribution in [2.75, 3.05) is 31.5 Å². The molecule has 1 saturated heterocycles. The Bertz CT molecular complexity index is 1350. The van der Waals surface area contributed by atoms with Crippen molar-refractivity contribution >= 4 is 34.9 Å². The van der Waals surface area contributed by atoms with Gasteiger partial charge in [0.15, 0.2) is 0 Å². The predicted molar refractivity (Wildman–Crippen MR) is 148 cm³/mol. The molecule has 0 bridgehead atoms. The third-order valence-corrected chi connectivity index (χ3v) is 7.68. The molecule has 0 radical (unpaired) electrons. The number of nitrogens with zero attached hydrogens (tertiary/aromatic N) is 2. The average Bonchev–Trinajstić information content (AvgIpc) is 3.51. The fraction of sp³-hybridized carbons (Fsp3) is 0.345. The maximum atomic E-state index is 12.7. The molecule has 0 saturated carbocycles. The summed E-state index contributed by atoms with van der Waals surface area (Å²) in [7, 11) is 0. The first-order valence-electron chi connectivity index (χ1n) is 12.8. The third-order valence-electron chi connectivity index (χ3n) is 6.58. The molecule has 5 rings (SSSR count). The molecular weight excluding hydrogens is 500 g/mol. The third kappa shape index (κ3) is 5.74. The van der Waals surface area contributed by atoms with Gasteiger partial charge in [0, 0.05) is 54.6 Å². The Kier molecular flexibility index (Phi) is 7.23. The van der Waals surface area contributed by atoms with E-state index in [1.807, 2.05) is 51.1 Å². The van der Waals surface area contributed by atoms with Gasteiger partial charge in [-0.3, -0.25) is 14.5 Å². The topological polar surface area (TPSA) is 91.0 Å². The Balaban J connectivity index is 1.26. The summed E-state index contributed by atoms with van der Waals surface area (Å²) >= 11 is 1.71. The van der Waals surface area contributed by atoms with E-state index in [-0.39, 0.29) is 17.9 Å². The molecule has 3 aromatic rings. The number of rotatable bonds is 5. The summed E-state index contributed by atoms with van der Waals surface area (Å²) in [5.41, 5.74) is 3.00. The minimum atomic E-state index is -0.492. The number of piperazine rings is 1. The van der Waals surface area contributed by atoms with Crippen molar-refractivity contribution in [3.63, 3.8) is 0 Å². The number of anilines is 1. The zero-order valence-corrected chi connectivity index (χ0v) is 22.7. The van der Waals surface area contributed by atoms with Crippen LogP contribution in [-0.2, 0) is 17.8 Å². The maximum absolute atomic E-state index is 12.7. The van der Waals surface area contributed by atoms with E-state index in [9.17, 15) is 14.4 Å². The van der Waals surface area contributed by atoms with E-state index in [4.69, 9.17) is 4.74 Å². The number of hydrogen-bond acceptors (Lipinski definition) is 6. The molecule has 0 aliphatic carbocycles. The van der Waals surface area contributed by atoms with Crippen molar-refractivity contribution in [1.82, 2.24) is 15.1 Å². The van der Waals surface area contributed by atoms with Gasteiger partial charge in [-0.15, -0.1) is 11.3 Å². The van der Waals surface area contributed by atoms with Crippen LogP contribution in [0.15, 0.2) is 54.6 Å². The second kappa shape index (κ2) is 10.6. The molecule has 1 aromatic heterocycles. The smallest absolute Gasteiger partial charge is 0.410 e. The summed E-state index contributed by atoms with van der Waals surface area (Å²) in [6, 6.07) is 17.0. The molecule has 2 aliphatic heterocycles. The van der Waals surface area contributed by atoms with E-state index < -0.39 is 5.60 Å². The number of ether oxygens (including phenoxy) is 1. The van der Waals surface area contributed by atoms with Crippen LogP contribution in [0.1, 0.15) is 51.9 Å². The highest BCUT2D eigenvalue weighted by Gasteiger charge is 2.28. The molecule has 0 atom stereocenters. The van der Waals surface area contributed by atoms with Crippen LogP contribution >= 0.6 is 11.3 Å². The lowest BCUT2D eigenvalue weighted by Gasteiger charge is -2.35. The standard InChI is InChI=1S/C29H32N4O4S/c1-29(2,3)37-28(36)33-15-13-32(14-16-33)18-20-9-12-24(38-20)21-10-11-23(25-22(21)17-30-27(25)35)31-26(34)19-7-5-4-6-8-19/h4-12H,13-18H2,1-3H3,(H,30,35)(H,31,34). The molecule has 8 nitrogen and oxygen atoms in total. The molecule has 1 fully saturated rings. The average molecular weight is 533 g/mol. The Morgan fingerprint density at radius 3 is 2.45 bits per heavy atom. The van der Waals surface area contributed by atoms with Crippen molar-refractivity contribution in [1.29, 1.82) is 0 Å². The van der Waals surface area contributed by atoms with Gasteiger partial charge in [-0.2, -0.15) is 0 Å². The van der Waals surface area contributed by atoms with E-state index in [1.54, 1.807) is 28.4 Å². The summed E-state index contributed by atoms with van der Waals surface area (Å²) in [6.07, 6.45) is -0.254. The predicted octanol–water partition coefficient (Wildman–Crippen LogP) is 4.96. The second-order valence-electron chi connectivity index (χ2n) is 10.5. The summed E-state index contributed by atoms with van der Waals surface area (Å²) in [5, 5.41) is 5.82. The Labute approximate surface area is 226 Å². The monoisotopic (exact) mass is 532 g/mol. The minimum Gasteiger partial charge on any atom is -0.444 e. The number of carbonyl (C=O) groups is 3. The van der Waals surface area contributed by atoms with Crippen molar-refractivity contribution in [3.8, 4) is 10.4 Å². The van der Waals surface area contributed by atoms with Crippen LogP contribution in [0.4, 0.5) is 10.5 Å². The van der Waals surface area contributed by atoms with Crippen LogP contribution in [0, 0.1) is 0 Å². The van der Waals surface area contributed by atoms with Gasteiger partial charge in [0.05, 0.1) is 11.3 Å². The van der Waals surface area contributed by atoms with Crippen LogP contribution < -0.4 is 10.6 Å². The number of carbonyl (C=O) groups excluding carboxylic acids is 3. The first-order chi connectivity index (χ1) is 18.2. The lowest BCUT2D eigenvalue weighted by molar-refractivity contribution is 0.0139. The fourth-order valence-corrected chi connectivity index (χ4v) is 5.81. The normalized spacial score (nSPS) is 15.7. The van der Waals surface area contributed by atoms with Crippen molar-refractivity contribution in [2.24, 2.45) is 0 Å². The summed E-state index contributed by atoms with van der Waals surface area (Å²) in [6.45, 7) is 9.73. The summed E-state index contributed by atoms with van der Waals surface area (Å²) in [5.74, 6) is -0.421. The second-order valence-corrected chi connectivity index (χ2v) is 11.7. The number of benzene rings is 2. The number of hydrogen-bond donors (Lipinski definition) is 2.